The van der Waals surface area contributed by atoms with Crippen molar-refractivity contribution >= 4 is 21.8 Å². The van der Waals surface area contributed by atoms with Gasteiger partial charge in [0, 0.05) is 16.6 Å². The molecule has 0 radical (unpaired) electrons. The zero-order valence-electron chi connectivity index (χ0n) is 14.3. The van der Waals surface area contributed by atoms with E-state index < -0.39 is 0 Å². The van der Waals surface area contributed by atoms with Gasteiger partial charge in [0.2, 0.25) is 0 Å². The Labute approximate surface area is 162 Å². The van der Waals surface area contributed by atoms with Crippen molar-refractivity contribution in [3.05, 3.63) is 106 Å². The van der Waals surface area contributed by atoms with Gasteiger partial charge >= 0.3 is 0 Å². The first-order valence-electron chi connectivity index (χ1n) is 8.44. The van der Waals surface area contributed by atoms with Crippen molar-refractivity contribution in [1.29, 1.82) is 0 Å². The Bertz CT molecular complexity index is 848. The second-order valence-electron chi connectivity index (χ2n) is 5.94. The van der Waals surface area contributed by atoms with Crippen LogP contribution in [0.2, 0.25) is 0 Å². The molecule has 0 atom stereocenters. The molecule has 0 saturated carbocycles. The van der Waals surface area contributed by atoms with Crippen molar-refractivity contribution in [2.75, 3.05) is 0 Å². The van der Waals surface area contributed by atoms with Gasteiger partial charge < -0.3 is 10.1 Å². The number of rotatable bonds is 7. The zero-order valence-corrected chi connectivity index (χ0v) is 15.9. The highest BCUT2D eigenvalue weighted by Crippen LogP contribution is 2.13. The number of halogens is 1. The predicted molar refractivity (Wildman–Crippen MR) is 107 cm³/mol. The van der Waals surface area contributed by atoms with Crippen molar-refractivity contribution in [3.63, 3.8) is 0 Å². The van der Waals surface area contributed by atoms with Gasteiger partial charge in [-0.15, -0.1) is 0 Å². The molecule has 0 saturated heterocycles. The first-order valence-corrected chi connectivity index (χ1v) is 9.24. The Morgan fingerprint density at radius 1 is 0.808 bits per heavy atom. The Hall–Kier alpha value is -2.43. The van der Waals surface area contributed by atoms with E-state index in [-0.39, 0.29) is 5.91 Å². The van der Waals surface area contributed by atoms with Crippen LogP contribution < -0.4 is 5.32 Å². The summed E-state index contributed by atoms with van der Waals surface area (Å²) in [5.41, 5.74) is 3.94. The molecule has 132 valence electrons. The van der Waals surface area contributed by atoms with Gasteiger partial charge in [0.15, 0.2) is 0 Å². The van der Waals surface area contributed by atoms with Crippen LogP contribution >= 0.6 is 15.9 Å². The Morgan fingerprint density at radius 3 is 2.19 bits per heavy atom. The minimum atomic E-state index is -0.0856. The molecule has 3 aromatic rings. The highest BCUT2D eigenvalue weighted by atomic mass is 79.9. The number of hydrogen-bond acceptors (Lipinski definition) is 2. The fourth-order valence-corrected chi connectivity index (χ4v) is 2.87. The second kappa shape index (κ2) is 9.32. The lowest BCUT2D eigenvalue weighted by Gasteiger charge is -2.11. The highest BCUT2D eigenvalue weighted by molar-refractivity contribution is 9.10. The molecule has 3 rings (SSSR count). The number of ether oxygens (including phenoxy) is 1. The first-order chi connectivity index (χ1) is 12.7. The summed E-state index contributed by atoms with van der Waals surface area (Å²) >= 11 is 3.38. The Morgan fingerprint density at radius 2 is 1.46 bits per heavy atom. The minimum absolute atomic E-state index is 0.0856. The zero-order chi connectivity index (χ0) is 18.2. The molecule has 0 aliphatic rings. The van der Waals surface area contributed by atoms with Crippen LogP contribution in [-0.2, 0) is 24.5 Å². The van der Waals surface area contributed by atoms with E-state index in [2.05, 4.69) is 21.2 Å². The van der Waals surface area contributed by atoms with Gasteiger partial charge in [-0.3, -0.25) is 4.79 Å². The van der Waals surface area contributed by atoms with E-state index in [4.69, 9.17) is 4.74 Å². The fraction of sp³-hybridized carbons (Fsp3) is 0.136. The maximum atomic E-state index is 12.3. The fourth-order valence-electron chi connectivity index (χ4n) is 2.60. The summed E-state index contributed by atoms with van der Waals surface area (Å²) < 4.78 is 6.79. The van der Waals surface area contributed by atoms with Gasteiger partial charge in [-0.05, 0) is 41.0 Å². The van der Waals surface area contributed by atoms with Crippen molar-refractivity contribution in [3.8, 4) is 0 Å². The van der Waals surface area contributed by atoms with Crippen LogP contribution in [0.15, 0.2) is 83.3 Å². The molecule has 4 heteroatoms. The molecule has 0 bridgehead atoms. The number of carbonyl (C=O) groups is 1. The molecule has 1 amide bonds. The van der Waals surface area contributed by atoms with Crippen molar-refractivity contribution < 1.29 is 9.53 Å². The molecule has 0 unspecified atom stereocenters. The standard InChI is InChI=1S/C22H20BrNO2/c23-21-12-10-18(11-13-21)22(25)24-14-19-8-4-5-9-20(19)16-26-15-17-6-2-1-3-7-17/h1-13H,14-16H2,(H,24,25). The molecule has 0 fully saturated rings. The van der Waals surface area contributed by atoms with Crippen LogP contribution in [0.5, 0.6) is 0 Å². The number of carbonyl (C=O) groups excluding carboxylic acids is 1. The van der Waals surface area contributed by atoms with E-state index >= 15 is 0 Å². The van der Waals surface area contributed by atoms with Crippen LogP contribution in [0, 0.1) is 0 Å². The van der Waals surface area contributed by atoms with E-state index in [1.54, 1.807) is 12.1 Å². The number of nitrogens with one attached hydrogen (secondary N) is 1. The van der Waals surface area contributed by atoms with Crippen molar-refractivity contribution in [2.24, 2.45) is 0 Å². The monoisotopic (exact) mass is 409 g/mol. The molecule has 3 aromatic carbocycles. The van der Waals surface area contributed by atoms with Crippen LogP contribution in [-0.4, -0.2) is 5.91 Å². The van der Waals surface area contributed by atoms with Crippen LogP contribution in [0.1, 0.15) is 27.0 Å². The second-order valence-corrected chi connectivity index (χ2v) is 6.85. The molecule has 26 heavy (non-hydrogen) atoms. The maximum absolute atomic E-state index is 12.3. The largest absolute Gasteiger partial charge is 0.372 e. The van der Waals surface area contributed by atoms with Crippen LogP contribution in [0.3, 0.4) is 0 Å². The third-order valence-electron chi connectivity index (χ3n) is 4.03. The summed E-state index contributed by atoms with van der Waals surface area (Å²) in [7, 11) is 0. The first kappa shape index (κ1) is 18.4. The van der Waals surface area contributed by atoms with E-state index in [1.807, 2.05) is 66.7 Å². The van der Waals surface area contributed by atoms with Gasteiger partial charge in [0.25, 0.3) is 5.91 Å². The lowest BCUT2D eigenvalue weighted by atomic mass is 10.1. The van der Waals surface area contributed by atoms with E-state index in [0.29, 0.717) is 25.3 Å². The van der Waals surface area contributed by atoms with Crippen molar-refractivity contribution in [1.82, 2.24) is 5.32 Å². The lowest BCUT2D eigenvalue weighted by Crippen LogP contribution is -2.23. The van der Waals surface area contributed by atoms with Crippen LogP contribution in [0.4, 0.5) is 0 Å². The summed E-state index contributed by atoms with van der Waals surface area (Å²) in [6.07, 6.45) is 0. The molecule has 0 spiro atoms. The number of hydrogen-bond donors (Lipinski definition) is 1. The summed E-state index contributed by atoms with van der Waals surface area (Å²) in [5.74, 6) is -0.0856. The molecular formula is C22H20BrNO2. The van der Waals surface area contributed by atoms with Crippen molar-refractivity contribution in [2.45, 2.75) is 19.8 Å². The third-order valence-corrected chi connectivity index (χ3v) is 4.56. The third kappa shape index (κ3) is 5.28. The minimum Gasteiger partial charge on any atom is -0.372 e. The normalized spacial score (nSPS) is 10.5. The maximum Gasteiger partial charge on any atom is 0.251 e. The number of benzene rings is 3. The van der Waals surface area contributed by atoms with Gasteiger partial charge in [-0.1, -0.05) is 70.5 Å². The Kier molecular flexibility index (Phi) is 6.58. The summed E-state index contributed by atoms with van der Waals surface area (Å²) in [4.78, 5) is 12.3. The summed E-state index contributed by atoms with van der Waals surface area (Å²) in [5, 5.41) is 2.97. The van der Waals surface area contributed by atoms with E-state index in [1.165, 1.54) is 0 Å². The predicted octanol–water partition coefficient (Wildman–Crippen LogP) is 5.10. The molecule has 0 aromatic heterocycles. The van der Waals surface area contributed by atoms with Gasteiger partial charge in [0.05, 0.1) is 13.2 Å². The van der Waals surface area contributed by atoms with Gasteiger partial charge in [-0.25, -0.2) is 0 Å². The molecule has 0 aliphatic carbocycles. The smallest absolute Gasteiger partial charge is 0.251 e. The summed E-state index contributed by atoms with van der Waals surface area (Å²) in [6, 6.07) is 25.4. The number of amides is 1. The quantitative estimate of drug-likeness (QED) is 0.589. The molecule has 0 heterocycles. The average Bonchev–Trinajstić information content (AvgIpc) is 2.68. The van der Waals surface area contributed by atoms with E-state index in [0.717, 1.165) is 21.2 Å². The van der Waals surface area contributed by atoms with Crippen LogP contribution in [0.25, 0.3) is 0 Å². The molecular weight excluding hydrogens is 390 g/mol. The molecule has 0 aliphatic heterocycles. The molecule has 3 nitrogen and oxygen atoms in total. The molecule has 1 N–H and O–H groups in total. The van der Waals surface area contributed by atoms with Gasteiger partial charge in [-0.2, -0.15) is 0 Å². The Balaban J connectivity index is 1.56. The van der Waals surface area contributed by atoms with E-state index in [9.17, 15) is 4.79 Å². The summed E-state index contributed by atoms with van der Waals surface area (Å²) in [6.45, 7) is 1.55. The average molecular weight is 410 g/mol. The topological polar surface area (TPSA) is 38.3 Å². The highest BCUT2D eigenvalue weighted by Gasteiger charge is 2.07. The lowest BCUT2D eigenvalue weighted by molar-refractivity contribution is 0.0947. The SMILES string of the molecule is O=C(NCc1ccccc1COCc1ccccc1)c1ccc(Br)cc1. The van der Waals surface area contributed by atoms with Gasteiger partial charge in [0.1, 0.15) is 0 Å².